The van der Waals surface area contributed by atoms with Crippen LogP contribution >= 0.6 is 0 Å². The number of rotatable bonds is 75. The minimum atomic E-state index is -0.663. The van der Waals surface area contributed by atoms with Crippen LogP contribution < -0.4 is 5.32 Å². The van der Waals surface area contributed by atoms with Crippen LogP contribution in [-0.2, 0) is 14.3 Å². The van der Waals surface area contributed by atoms with Crippen LogP contribution in [0.2, 0.25) is 0 Å². The molecule has 6 nitrogen and oxygen atoms in total. The van der Waals surface area contributed by atoms with Crippen molar-refractivity contribution in [2.24, 2.45) is 0 Å². The summed E-state index contributed by atoms with van der Waals surface area (Å²) in [6.07, 6.45) is 91.8. The van der Waals surface area contributed by atoms with Gasteiger partial charge in [-0.1, -0.05) is 425 Å². The lowest BCUT2D eigenvalue weighted by atomic mass is 10.0. The fraction of sp³-hybridized carbons (Fsp3) is 0.974. The average molecular weight is 1190 g/mol. The van der Waals surface area contributed by atoms with E-state index in [0.29, 0.717) is 25.9 Å². The van der Waals surface area contributed by atoms with E-state index in [0.717, 1.165) is 38.5 Å². The van der Waals surface area contributed by atoms with Crippen LogP contribution in [0.1, 0.15) is 463 Å². The third kappa shape index (κ3) is 70.0. The number of aliphatic hydroxyl groups excluding tert-OH is 2. The maximum absolute atomic E-state index is 12.6. The van der Waals surface area contributed by atoms with E-state index in [9.17, 15) is 19.8 Å². The van der Waals surface area contributed by atoms with Crippen LogP contribution in [0, 0.1) is 0 Å². The first-order chi connectivity index (χ1) is 41.5. The Labute approximate surface area is 527 Å². The van der Waals surface area contributed by atoms with E-state index in [1.54, 1.807) is 0 Å². The molecule has 0 saturated heterocycles. The van der Waals surface area contributed by atoms with Crippen LogP contribution in [0.25, 0.3) is 0 Å². The summed E-state index contributed by atoms with van der Waals surface area (Å²) < 4.78 is 5.51. The standard InChI is InChI=1S/C78H155NO5/c1-3-5-7-9-11-13-15-17-19-21-22-23-24-29-32-35-39-42-46-50-54-58-62-66-70-76(81)75(74-80)79-77(82)71-67-63-59-55-51-47-43-40-36-33-30-27-25-26-28-31-34-37-41-45-49-53-57-61-65-69-73-84-78(83)72-68-64-60-56-52-48-44-38-20-18-16-14-12-10-8-6-4-2/h75-76,80-81H,3-74H2,1-2H3,(H,79,82). The van der Waals surface area contributed by atoms with E-state index in [-0.39, 0.29) is 18.5 Å². The highest BCUT2D eigenvalue weighted by atomic mass is 16.5. The first-order valence-electron chi connectivity index (χ1n) is 39.3. The number of esters is 1. The smallest absolute Gasteiger partial charge is 0.305 e. The number of unbranched alkanes of at least 4 members (excludes halogenated alkanes) is 64. The van der Waals surface area contributed by atoms with Gasteiger partial charge in [0.1, 0.15) is 0 Å². The van der Waals surface area contributed by atoms with Gasteiger partial charge in [-0.05, 0) is 25.7 Å². The van der Waals surface area contributed by atoms with Crippen LogP contribution in [0.3, 0.4) is 0 Å². The molecule has 0 bridgehead atoms. The third-order valence-corrected chi connectivity index (χ3v) is 18.9. The molecule has 3 N–H and O–H groups in total. The number of nitrogens with one attached hydrogen (secondary N) is 1. The van der Waals surface area contributed by atoms with Gasteiger partial charge in [-0.2, -0.15) is 0 Å². The molecule has 0 fully saturated rings. The van der Waals surface area contributed by atoms with Crippen molar-refractivity contribution in [1.82, 2.24) is 5.32 Å². The van der Waals surface area contributed by atoms with E-state index in [1.807, 2.05) is 0 Å². The third-order valence-electron chi connectivity index (χ3n) is 18.9. The van der Waals surface area contributed by atoms with Crippen molar-refractivity contribution in [3.63, 3.8) is 0 Å². The zero-order chi connectivity index (χ0) is 60.6. The van der Waals surface area contributed by atoms with E-state index in [4.69, 9.17) is 4.74 Å². The summed E-state index contributed by atoms with van der Waals surface area (Å²) in [6.45, 7) is 5.02. The Balaban J connectivity index is 3.34. The van der Waals surface area contributed by atoms with Crippen LogP contribution in [0.15, 0.2) is 0 Å². The minimum absolute atomic E-state index is 0.0230. The van der Waals surface area contributed by atoms with Crippen LogP contribution in [0.4, 0.5) is 0 Å². The summed E-state index contributed by atoms with van der Waals surface area (Å²) in [4.78, 5) is 24.7. The summed E-state index contributed by atoms with van der Waals surface area (Å²) in [5.41, 5.74) is 0. The number of carbonyl (C=O) groups is 2. The molecule has 1 amide bonds. The summed E-state index contributed by atoms with van der Waals surface area (Å²) in [6, 6.07) is -0.540. The molecule has 0 spiro atoms. The van der Waals surface area contributed by atoms with Gasteiger partial charge < -0.3 is 20.3 Å². The van der Waals surface area contributed by atoms with Gasteiger partial charge in [0.05, 0.1) is 25.4 Å². The quantitative estimate of drug-likeness (QED) is 0.0417. The first-order valence-corrected chi connectivity index (χ1v) is 39.3. The zero-order valence-electron chi connectivity index (χ0n) is 57.7. The monoisotopic (exact) mass is 1190 g/mol. The summed E-state index contributed by atoms with van der Waals surface area (Å²) in [5.74, 6) is -0.00308. The molecule has 84 heavy (non-hydrogen) atoms. The van der Waals surface area contributed by atoms with E-state index < -0.39 is 12.1 Å². The maximum Gasteiger partial charge on any atom is 0.305 e. The molecular formula is C78H155NO5. The van der Waals surface area contributed by atoms with Crippen molar-refractivity contribution in [3.8, 4) is 0 Å². The van der Waals surface area contributed by atoms with Gasteiger partial charge in [0.25, 0.3) is 0 Å². The lowest BCUT2D eigenvalue weighted by molar-refractivity contribution is -0.143. The van der Waals surface area contributed by atoms with Gasteiger partial charge in [-0.15, -0.1) is 0 Å². The highest BCUT2D eigenvalue weighted by Crippen LogP contribution is 2.21. The molecule has 0 rings (SSSR count). The molecule has 0 radical (unpaired) electrons. The predicted molar refractivity (Wildman–Crippen MR) is 371 cm³/mol. The normalized spacial score (nSPS) is 12.4. The number of aliphatic hydroxyl groups is 2. The predicted octanol–water partition coefficient (Wildman–Crippen LogP) is 25.7. The summed E-state index contributed by atoms with van der Waals surface area (Å²) in [5, 5.41) is 23.5. The number of carbonyl (C=O) groups excluding carboxylic acids is 2. The molecule has 0 saturated carbocycles. The van der Waals surface area contributed by atoms with E-state index in [1.165, 1.54) is 392 Å². The number of hydrogen-bond acceptors (Lipinski definition) is 5. The molecule has 0 aromatic heterocycles. The molecule has 2 atom stereocenters. The van der Waals surface area contributed by atoms with Crippen LogP contribution in [0.5, 0.6) is 0 Å². The SMILES string of the molecule is CCCCCCCCCCCCCCCCCCCCCCCCCCC(O)C(CO)NC(=O)CCCCCCCCCCCCCCCCCCCCCCCCCCCCOC(=O)CCCCCCCCCCCCCCCCCCC. The maximum atomic E-state index is 12.6. The fourth-order valence-corrected chi connectivity index (χ4v) is 12.9. The van der Waals surface area contributed by atoms with Gasteiger partial charge >= 0.3 is 5.97 Å². The summed E-state index contributed by atoms with van der Waals surface area (Å²) >= 11 is 0. The summed E-state index contributed by atoms with van der Waals surface area (Å²) in [7, 11) is 0. The van der Waals surface area contributed by atoms with Gasteiger partial charge in [0.15, 0.2) is 0 Å². The molecule has 502 valence electrons. The number of hydrogen-bond donors (Lipinski definition) is 3. The highest BCUT2D eigenvalue weighted by molar-refractivity contribution is 5.76. The molecule has 0 heterocycles. The van der Waals surface area contributed by atoms with Crippen molar-refractivity contribution in [2.75, 3.05) is 13.2 Å². The molecular weight excluding hydrogens is 1030 g/mol. The Bertz CT molecular complexity index is 1230. The van der Waals surface area contributed by atoms with Crippen molar-refractivity contribution in [2.45, 2.75) is 475 Å². The van der Waals surface area contributed by atoms with Gasteiger partial charge in [-0.3, -0.25) is 9.59 Å². The molecule has 0 aromatic carbocycles. The Hall–Kier alpha value is -1.14. The molecule has 2 unspecified atom stereocenters. The fourth-order valence-electron chi connectivity index (χ4n) is 12.9. The average Bonchev–Trinajstić information content (AvgIpc) is 3.50. The molecule has 0 aromatic rings. The molecule has 0 aliphatic carbocycles. The Morgan fingerprint density at radius 2 is 0.488 bits per heavy atom. The molecule has 6 heteroatoms. The van der Waals surface area contributed by atoms with Crippen LogP contribution in [-0.4, -0.2) is 47.4 Å². The largest absolute Gasteiger partial charge is 0.466 e. The van der Waals surface area contributed by atoms with Crippen molar-refractivity contribution >= 4 is 11.9 Å². The van der Waals surface area contributed by atoms with Crippen molar-refractivity contribution < 1.29 is 24.5 Å². The lowest BCUT2D eigenvalue weighted by Gasteiger charge is -2.22. The number of ether oxygens (including phenoxy) is 1. The first kappa shape index (κ1) is 82.9. The second kappa shape index (κ2) is 74.3. The lowest BCUT2D eigenvalue weighted by Crippen LogP contribution is -2.45. The zero-order valence-corrected chi connectivity index (χ0v) is 57.7. The van der Waals surface area contributed by atoms with E-state index in [2.05, 4.69) is 19.2 Å². The number of amides is 1. The van der Waals surface area contributed by atoms with Crippen molar-refractivity contribution in [1.29, 1.82) is 0 Å². The molecule has 0 aliphatic heterocycles. The molecule has 0 aliphatic rings. The highest BCUT2D eigenvalue weighted by Gasteiger charge is 2.20. The second-order valence-electron chi connectivity index (χ2n) is 27.4. The van der Waals surface area contributed by atoms with Gasteiger partial charge in [0, 0.05) is 12.8 Å². The van der Waals surface area contributed by atoms with Gasteiger partial charge in [0.2, 0.25) is 5.91 Å². The Kier molecular flexibility index (Phi) is 73.3. The van der Waals surface area contributed by atoms with Crippen molar-refractivity contribution in [3.05, 3.63) is 0 Å². The Morgan fingerprint density at radius 1 is 0.286 bits per heavy atom. The minimum Gasteiger partial charge on any atom is -0.466 e. The topological polar surface area (TPSA) is 95.9 Å². The van der Waals surface area contributed by atoms with Gasteiger partial charge in [-0.25, -0.2) is 0 Å². The van der Waals surface area contributed by atoms with E-state index >= 15 is 0 Å². The Morgan fingerprint density at radius 3 is 0.726 bits per heavy atom. The second-order valence-corrected chi connectivity index (χ2v) is 27.4.